The molecule has 2 unspecified atom stereocenters. The molecule has 0 spiro atoms. The summed E-state index contributed by atoms with van der Waals surface area (Å²) >= 11 is 4.64. The third-order valence-corrected chi connectivity index (χ3v) is 4.60. The molecule has 1 aliphatic carbocycles. The van der Waals surface area contributed by atoms with Crippen LogP contribution >= 0.6 is 12.6 Å². The molecule has 0 saturated heterocycles. The summed E-state index contributed by atoms with van der Waals surface area (Å²) in [5, 5.41) is 0.410. The fourth-order valence-corrected chi connectivity index (χ4v) is 3.60. The number of hydrogen-bond donors (Lipinski definition) is 2. The largest absolute Gasteiger partial charge is 0.327 e. The quantitative estimate of drug-likeness (QED) is 0.660. The Kier molecular flexibility index (Phi) is 3.34. The summed E-state index contributed by atoms with van der Waals surface area (Å²) in [7, 11) is 0. The van der Waals surface area contributed by atoms with Gasteiger partial charge >= 0.3 is 0 Å². The van der Waals surface area contributed by atoms with Crippen LogP contribution in [0.1, 0.15) is 40.5 Å². The van der Waals surface area contributed by atoms with Crippen LogP contribution in [0, 0.1) is 17.3 Å². The van der Waals surface area contributed by atoms with Crippen LogP contribution in [0.15, 0.2) is 0 Å². The zero-order valence-electron chi connectivity index (χ0n) is 9.25. The van der Waals surface area contributed by atoms with Gasteiger partial charge in [0.05, 0.1) is 0 Å². The van der Waals surface area contributed by atoms with E-state index in [0.717, 1.165) is 0 Å². The lowest BCUT2D eigenvalue weighted by molar-refractivity contribution is 0.160. The van der Waals surface area contributed by atoms with Gasteiger partial charge in [0, 0.05) is 11.3 Å². The standard InChI is InChI=1S/C11H23NS/c1-7(2)11(9(4)13)6-5-8(3)10(11)12/h7-10,13H,5-6,12H2,1-4H3/t8-,9?,10-,11?/m1/s1. The summed E-state index contributed by atoms with van der Waals surface area (Å²) < 4.78 is 0. The van der Waals surface area contributed by atoms with E-state index in [1.54, 1.807) is 0 Å². The van der Waals surface area contributed by atoms with Crippen molar-refractivity contribution >= 4 is 12.6 Å². The monoisotopic (exact) mass is 201 g/mol. The van der Waals surface area contributed by atoms with Gasteiger partial charge in [-0.05, 0) is 30.1 Å². The van der Waals surface area contributed by atoms with Crippen LogP contribution in [0.4, 0.5) is 0 Å². The van der Waals surface area contributed by atoms with Gasteiger partial charge in [-0.3, -0.25) is 0 Å². The van der Waals surface area contributed by atoms with Crippen molar-refractivity contribution in [3.8, 4) is 0 Å². The predicted molar refractivity (Wildman–Crippen MR) is 62.1 cm³/mol. The molecule has 0 radical (unpaired) electrons. The first-order valence-corrected chi connectivity index (χ1v) is 5.88. The average Bonchev–Trinajstić information content (AvgIpc) is 2.30. The summed E-state index contributed by atoms with van der Waals surface area (Å²) in [5.74, 6) is 1.30. The first-order valence-electron chi connectivity index (χ1n) is 5.36. The summed E-state index contributed by atoms with van der Waals surface area (Å²) in [6.45, 7) is 9.03. The van der Waals surface area contributed by atoms with E-state index in [1.165, 1.54) is 12.8 Å². The molecule has 2 heteroatoms. The van der Waals surface area contributed by atoms with E-state index in [9.17, 15) is 0 Å². The number of rotatable bonds is 2. The number of nitrogens with two attached hydrogens (primary N) is 1. The molecule has 13 heavy (non-hydrogen) atoms. The molecule has 0 bridgehead atoms. The normalized spacial score (nSPS) is 42.7. The van der Waals surface area contributed by atoms with E-state index < -0.39 is 0 Å². The van der Waals surface area contributed by atoms with E-state index in [4.69, 9.17) is 5.73 Å². The van der Waals surface area contributed by atoms with Crippen LogP contribution < -0.4 is 5.73 Å². The molecule has 1 rings (SSSR count). The molecule has 1 saturated carbocycles. The summed E-state index contributed by atoms with van der Waals surface area (Å²) in [6.07, 6.45) is 2.52. The van der Waals surface area contributed by atoms with Crippen LogP contribution in [-0.4, -0.2) is 11.3 Å². The summed E-state index contributed by atoms with van der Waals surface area (Å²) in [6, 6.07) is 0.333. The molecule has 0 heterocycles. The van der Waals surface area contributed by atoms with Gasteiger partial charge in [0.2, 0.25) is 0 Å². The zero-order chi connectivity index (χ0) is 10.2. The predicted octanol–water partition coefficient (Wildman–Crippen LogP) is 2.70. The van der Waals surface area contributed by atoms with E-state index in [2.05, 4.69) is 40.3 Å². The third kappa shape index (κ3) is 1.63. The molecule has 0 aliphatic heterocycles. The molecule has 0 aromatic heterocycles. The lowest BCUT2D eigenvalue weighted by Gasteiger charge is -2.42. The highest BCUT2D eigenvalue weighted by molar-refractivity contribution is 7.81. The molecule has 78 valence electrons. The van der Waals surface area contributed by atoms with Gasteiger partial charge in [0.15, 0.2) is 0 Å². The Bertz CT molecular complexity index is 169. The van der Waals surface area contributed by atoms with Gasteiger partial charge in [-0.15, -0.1) is 0 Å². The molecular formula is C11H23NS. The highest BCUT2D eigenvalue weighted by Gasteiger charge is 2.49. The number of hydrogen-bond acceptors (Lipinski definition) is 2. The smallest absolute Gasteiger partial charge is 0.0134 e. The van der Waals surface area contributed by atoms with Crippen LogP contribution in [-0.2, 0) is 0 Å². The molecule has 2 N–H and O–H groups in total. The Morgan fingerprint density at radius 2 is 1.92 bits per heavy atom. The average molecular weight is 201 g/mol. The molecule has 4 atom stereocenters. The van der Waals surface area contributed by atoms with Crippen molar-refractivity contribution in [1.82, 2.24) is 0 Å². The SMILES string of the molecule is CC(C)C1(C(C)S)CC[C@@H](C)[C@H]1N. The summed E-state index contributed by atoms with van der Waals surface area (Å²) in [5.41, 5.74) is 6.58. The first kappa shape index (κ1) is 11.4. The van der Waals surface area contributed by atoms with Gasteiger partial charge in [0.1, 0.15) is 0 Å². The second-order valence-corrected chi connectivity index (χ2v) is 5.76. The maximum atomic E-state index is 6.31. The highest BCUT2D eigenvalue weighted by atomic mass is 32.1. The molecule has 0 amide bonds. The Labute approximate surface area is 87.9 Å². The Balaban J connectivity index is 2.92. The molecular weight excluding hydrogens is 178 g/mol. The van der Waals surface area contributed by atoms with Gasteiger partial charge in [-0.2, -0.15) is 12.6 Å². The second-order valence-electron chi connectivity index (χ2n) is 4.98. The lowest BCUT2D eigenvalue weighted by Crippen LogP contribution is -2.48. The fraction of sp³-hybridized carbons (Fsp3) is 1.00. The van der Waals surface area contributed by atoms with Crippen LogP contribution in [0.25, 0.3) is 0 Å². The third-order valence-electron chi connectivity index (χ3n) is 4.12. The molecule has 0 aromatic carbocycles. The number of thiol groups is 1. The Hall–Kier alpha value is 0.310. The van der Waals surface area contributed by atoms with E-state index >= 15 is 0 Å². The van der Waals surface area contributed by atoms with Crippen molar-refractivity contribution in [2.45, 2.75) is 51.8 Å². The minimum atomic E-state index is 0.266. The molecule has 1 fully saturated rings. The van der Waals surface area contributed by atoms with Gasteiger partial charge in [-0.1, -0.05) is 27.7 Å². The van der Waals surface area contributed by atoms with E-state index in [-0.39, 0.29) is 5.41 Å². The van der Waals surface area contributed by atoms with Crippen molar-refractivity contribution in [1.29, 1.82) is 0 Å². The molecule has 1 nitrogen and oxygen atoms in total. The fourth-order valence-electron chi connectivity index (χ4n) is 3.00. The van der Waals surface area contributed by atoms with Crippen molar-refractivity contribution in [3.05, 3.63) is 0 Å². The molecule has 1 aliphatic rings. The topological polar surface area (TPSA) is 26.0 Å². The van der Waals surface area contributed by atoms with Crippen molar-refractivity contribution in [2.75, 3.05) is 0 Å². The van der Waals surface area contributed by atoms with Crippen LogP contribution in [0.5, 0.6) is 0 Å². The minimum absolute atomic E-state index is 0.266. The second kappa shape index (κ2) is 3.82. The van der Waals surface area contributed by atoms with Crippen molar-refractivity contribution in [3.63, 3.8) is 0 Å². The van der Waals surface area contributed by atoms with Crippen LogP contribution in [0.2, 0.25) is 0 Å². The van der Waals surface area contributed by atoms with E-state index in [1.807, 2.05) is 0 Å². The zero-order valence-corrected chi connectivity index (χ0v) is 10.1. The first-order chi connectivity index (χ1) is 5.93. The van der Waals surface area contributed by atoms with Crippen molar-refractivity contribution < 1.29 is 0 Å². The maximum Gasteiger partial charge on any atom is 0.0134 e. The van der Waals surface area contributed by atoms with Gasteiger partial charge < -0.3 is 5.73 Å². The lowest BCUT2D eigenvalue weighted by atomic mass is 9.70. The van der Waals surface area contributed by atoms with E-state index in [0.29, 0.717) is 23.1 Å². The minimum Gasteiger partial charge on any atom is -0.327 e. The molecule has 0 aromatic rings. The Morgan fingerprint density at radius 3 is 2.08 bits per heavy atom. The highest BCUT2D eigenvalue weighted by Crippen LogP contribution is 2.50. The summed E-state index contributed by atoms with van der Waals surface area (Å²) in [4.78, 5) is 0. The van der Waals surface area contributed by atoms with Crippen LogP contribution in [0.3, 0.4) is 0 Å². The van der Waals surface area contributed by atoms with Gasteiger partial charge in [-0.25, -0.2) is 0 Å². The Morgan fingerprint density at radius 1 is 1.38 bits per heavy atom. The maximum absolute atomic E-state index is 6.31. The van der Waals surface area contributed by atoms with Crippen molar-refractivity contribution in [2.24, 2.45) is 23.0 Å². The van der Waals surface area contributed by atoms with Gasteiger partial charge in [0.25, 0.3) is 0 Å².